The summed E-state index contributed by atoms with van der Waals surface area (Å²) in [5, 5.41) is 7.25. The molecular formula is C17H27N5OS. The first-order valence-corrected chi connectivity index (χ1v) is 9.39. The Morgan fingerprint density at radius 3 is 2.79 bits per heavy atom. The molecule has 0 fully saturated rings. The molecule has 132 valence electrons. The average molecular weight is 350 g/mol. The van der Waals surface area contributed by atoms with Gasteiger partial charge in [0, 0.05) is 24.4 Å². The molecule has 0 saturated carbocycles. The topological polar surface area (TPSA) is 70.2 Å². The molecule has 0 spiro atoms. The van der Waals surface area contributed by atoms with Crippen LogP contribution in [0.25, 0.3) is 10.2 Å². The standard InChI is InChI=1S/C17H27N5OS/c1-4-22(5-2)10-6-8-18-15(23)7-9-19-16-14-11-13(3)24-17(14)21-12-20-16/h11-12H,4-10H2,1-3H3,(H,18,23)(H,19,20,21). The van der Waals surface area contributed by atoms with Crippen molar-refractivity contribution in [2.24, 2.45) is 0 Å². The van der Waals surface area contributed by atoms with Crippen LogP contribution in [0.3, 0.4) is 0 Å². The van der Waals surface area contributed by atoms with Crippen molar-refractivity contribution in [3.63, 3.8) is 0 Å². The fourth-order valence-corrected chi connectivity index (χ4v) is 3.42. The Morgan fingerprint density at radius 2 is 2.04 bits per heavy atom. The molecule has 2 aromatic heterocycles. The van der Waals surface area contributed by atoms with Gasteiger partial charge in [0.15, 0.2) is 0 Å². The van der Waals surface area contributed by atoms with Gasteiger partial charge in [0.2, 0.25) is 5.91 Å². The number of rotatable bonds is 10. The van der Waals surface area contributed by atoms with E-state index in [2.05, 4.69) is 52.3 Å². The largest absolute Gasteiger partial charge is 0.369 e. The molecule has 0 saturated heterocycles. The Bertz CT molecular complexity index is 653. The van der Waals surface area contributed by atoms with Gasteiger partial charge in [-0.05, 0) is 39.0 Å². The zero-order valence-corrected chi connectivity index (χ0v) is 15.6. The first-order valence-electron chi connectivity index (χ1n) is 8.58. The van der Waals surface area contributed by atoms with Crippen LogP contribution in [0.15, 0.2) is 12.4 Å². The summed E-state index contributed by atoms with van der Waals surface area (Å²) in [6.07, 6.45) is 3.00. The minimum atomic E-state index is 0.0776. The van der Waals surface area contributed by atoms with Crippen molar-refractivity contribution < 1.29 is 4.79 Å². The van der Waals surface area contributed by atoms with Crippen LogP contribution in [0, 0.1) is 6.92 Å². The summed E-state index contributed by atoms with van der Waals surface area (Å²) < 4.78 is 0. The van der Waals surface area contributed by atoms with Gasteiger partial charge in [0.25, 0.3) is 0 Å². The highest BCUT2D eigenvalue weighted by molar-refractivity contribution is 7.18. The molecule has 7 heteroatoms. The number of carbonyl (C=O) groups is 1. The van der Waals surface area contributed by atoms with Crippen molar-refractivity contribution in [3.05, 3.63) is 17.3 Å². The minimum absolute atomic E-state index is 0.0776. The predicted molar refractivity (Wildman–Crippen MR) is 101 cm³/mol. The maximum Gasteiger partial charge on any atom is 0.221 e. The fourth-order valence-electron chi connectivity index (χ4n) is 2.57. The number of hydrogen-bond donors (Lipinski definition) is 2. The predicted octanol–water partition coefficient (Wildman–Crippen LogP) is 2.65. The van der Waals surface area contributed by atoms with Crippen LogP contribution in [0.2, 0.25) is 0 Å². The Balaban J connectivity index is 1.69. The van der Waals surface area contributed by atoms with E-state index < -0.39 is 0 Å². The van der Waals surface area contributed by atoms with E-state index in [0.29, 0.717) is 13.0 Å². The number of fused-ring (bicyclic) bond motifs is 1. The number of anilines is 1. The summed E-state index contributed by atoms with van der Waals surface area (Å²) in [7, 11) is 0. The van der Waals surface area contributed by atoms with Crippen molar-refractivity contribution in [2.75, 3.05) is 38.0 Å². The van der Waals surface area contributed by atoms with Crippen molar-refractivity contribution >= 4 is 33.3 Å². The number of hydrogen-bond acceptors (Lipinski definition) is 6. The lowest BCUT2D eigenvalue weighted by molar-refractivity contribution is -0.120. The Kier molecular flexibility index (Phi) is 7.39. The molecule has 0 radical (unpaired) electrons. The van der Waals surface area contributed by atoms with Crippen LogP contribution >= 0.6 is 11.3 Å². The molecule has 0 aromatic carbocycles. The Morgan fingerprint density at radius 1 is 1.25 bits per heavy atom. The normalized spacial score (nSPS) is 11.2. The molecule has 2 N–H and O–H groups in total. The second-order valence-corrected chi connectivity index (χ2v) is 6.94. The summed E-state index contributed by atoms with van der Waals surface area (Å²) in [5.74, 6) is 0.882. The third-order valence-electron chi connectivity index (χ3n) is 3.96. The highest BCUT2D eigenvalue weighted by Gasteiger charge is 2.07. The summed E-state index contributed by atoms with van der Waals surface area (Å²) in [5.41, 5.74) is 0. The van der Waals surface area contributed by atoms with Crippen molar-refractivity contribution in [1.29, 1.82) is 0 Å². The summed E-state index contributed by atoms with van der Waals surface area (Å²) in [4.78, 5) is 25.0. The molecule has 1 amide bonds. The number of aryl methyl sites for hydroxylation is 1. The molecular weight excluding hydrogens is 322 g/mol. The maximum absolute atomic E-state index is 11.9. The molecule has 0 atom stereocenters. The summed E-state index contributed by atoms with van der Waals surface area (Å²) in [6.45, 7) is 10.8. The van der Waals surface area contributed by atoms with E-state index in [1.165, 1.54) is 4.88 Å². The van der Waals surface area contributed by atoms with Gasteiger partial charge in [-0.3, -0.25) is 4.79 Å². The van der Waals surface area contributed by atoms with Crippen LogP contribution in [0.4, 0.5) is 5.82 Å². The lowest BCUT2D eigenvalue weighted by Gasteiger charge is -2.17. The number of thiophene rings is 1. The molecule has 0 aliphatic heterocycles. The van der Waals surface area contributed by atoms with E-state index in [9.17, 15) is 4.79 Å². The molecule has 24 heavy (non-hydrogen) atoms. The lowest BCUT2D eigenvalue weighted by Crippen LogP contribution is -2.30. The van der Waals surface area contributed by atoms with Gasteiger partial charge >= 0.3 is 0 Å². The minimum Gasteiger partial charge on any atom is -0.369 e. The number of amides is 1. The molecule has 2 aromatic rings. The molecule has 0 unspecified atom stereocenters. The van der Waals surface area contributed by atoms with E-state index >= 15 is 0 Å². The van der Waals surface area contributed by atoms with Gasteiger partial charge in [-0.2, -0.15) is 0 Å². The van der Waals surface area contributed by atoms with Crippen molar-refractivity contribution in [1.82, 2.24) is 20.2 Å². The molecule has 2 heterocycles. The number of nitrogens with one attached hydrogen (secondary N) is 2. The Hall–Kier alpha value is -1.73. The zero-order valence-electron chi connectivity index (χ0n) is 14.8. The maximum atomic E-state index is 11.9. The van der Waals surface area contributed by atoms with E-state index in [-0.39, 0.29) is 5.91 Å². The third-order valence-corrected chi connectivity index (χ3v) is 4.92. The van der Waals surface area contributed by atoms with Gasteiger partial charge in [-0.25, -0.2) is 9.97 Å². The molecule has 0 bridgehead atoms. The molecule has 0 aliphatic carbocycles. The van der Waals surface area contributed by atoms with E-state index in [1.807, 2.05) is 0 Å². The van der Waals surface area contributed by atoms with E-state index in [0.717, 1.165) is 48.6 Å². The fraction of sp³-hybridized carbons (Fsp3) is 0.588. The zero-order chi connectivity index (χ0) is 17.4. The quantitative estimate of drug-likeness (QED) is 0.645. The third kappa shape index (κ3) is 5.42. The highest BCUT2D eigenvalue weighted by atomic mass is 32.1. The van der Waals surface area contributed by atoms with Crippen LogP contribution in [0.5, 0.6) is 0 Å². The van der Waals surface area contributed by atoms with Crippen molar-refractivity contribution in [3.8, 4) is 0 Å². The first-order chi connectivity index (χ1) is 11.6. The van der Waals surface area contributed by atoms with Crippen LogP contribution in [-0.2, 0) is 4.79 Å². The average Bonchev–Trinajstić information content (AvgIpc) is 2.96. The SMILES string of the molecule is CCN(CC)CCCNC(=O)CCNc1ncnc2sc(C)cc12. The van der Waals surface area contributed by atoms with Crippen LogP contribution in [-0.4, -0.2) is 53.5 Å². The highest BCUT2D eigenvalue weighted by Crippen LogP contribution is 2.27. The number of aromatic nitrogens is 2. The van der Waals surface area contributed by atoms with Gasteiger partial charge in [-0.1, -0.05) is 13.8 Å². The van der Waals surface area contributed by atoms with Gasteiger partial charge in [-0.15, -0.1) is 11.3 Å². The Labute approximate surface area is 147 Å². The van der Waals surface area contributed by atoms with E-state index in [1.54, 1.807) is 17.7 Å². The summed E-state index contributed by atoms with van der Waals surface area (Å²) >= 11 is 1.65. The molecule has 6 nitrogen and oxygen atoms in total. The van der Waals surface area contributed by atoms with Crippen molar-refractivity contribution in [2.45, 2.75) is 33.6 Å². The van der Waals surface area contributed by atoms with Crippen LogP contribution < -0.4 is 10.6 Å². The second-order valence-electron chi connectivity index (χ2n) is 5.71. The molecule has 0 aliphatic rings. The van der Waals surface area contributed by atoms with Gasteiger partial charge < -0.3 is 15.5 Å². The first kappa shape index (κ1) is 18.6. The second kappa shape index (κ2) is 9.54. The van der Waals surface area contributed by atoms with Gasteiger partial charge in [0.05, 0.1) is 5.39 Å². The summed E-state index contributed by atoms with van der Waals surface area (Å²) in [6, 6.07) is 2.08. The number of carbonyl (C=O) groups excluding carboxylic acids is 1. The number of nitrogens with zero attached hydrogens (tertiary/aromatic N) is 3. The van der Waals surface area contributed by atoms with Crippen LogP contribution in [0.1, 0.15) is 31.6 Å². The molecule has 2 rings (SSSR count). The van der Waals surface area contributed by atoms with E-state index in [4.69, 9.17) is 0 Å². The smallest absolute Gasteiger partial charge is 0.221 e. The monoisotopic (exact) mass is 349 g/mol. The lowest BCUT2D eigenvalue weighted by atomic mass is 10.3. The van der Waals surface area contributed by atoms with Gasteiger partial charge in [0.1, 0.15) is 17.0 Å².